The second kappa shape index (κ2) is 4.79. The molecule has 0 radical (unpaired) electrons. The van der Waals surface area contributed by atoms with E-state index in [4.69, 9.17) is 21.0 Å². The summed E-state index contributed by atoms with van der Waals surface area (Å²) >= 11 is 0. The first-order chi connectivity index (χ1) is 6.82. The van der Waals surface area contributed by atoms with Gasteiger partial charge in [-0.3, -0.25) is 15.7 Å². The smallest absolute Gasteiger partial charge is 0.421 e. The lowest BCUT2D eigenvalue weighted by molar-refractivity contribution is 0.166. The van der Waals surface area contributed by atoms with Crippen LogP contribution in [0.4, 0.5) is 9.59 Å². The normalized spacial score (nSPS) is 8.93. The average molecular weight is 217 g/mol. The molecule has 0 aliphatic carbocycles. The van der Waals surface area contributed by atoms with E-state index in [1.54, 1.807) is 0 Å². The molecule has 84 valence electrons. The molecule has 2 amide bonds. The average Bonchev–Trinajstić information content (AvgIpc) is 2.15. The molecule has 0 aromatic rings. The van der Waals surface area contributed by atoms with Gasteiger partial charge in [0, 0.05) is 14.1 Å². The third-order valence-corrected chi connectivity index (χ3v) is 1.47. The van der Waals surface area contributed by atoms with Crippen LogP contribution in [0.3, 0.4) is 0 Å². The van der Waals surface area contributed by atoms with E-state index in [1.165, 1.54) is 7.05 Å². The maximum Gasteiger partial charge on any atom is 0.421 e. The maximum absolute atomic E-state index is 10.7. The zero-order valence-corrected chi connectivity index (χ0v) is 8.11. The zero-order valence-electron chi connectivity index (χ0n) is 8.11. The van der Waals surface area contributed by atoms with Crippen molar-refractivity contribution in [2.24, 2.45) is 0 Å². The molecule has 15 heavy (non-hydrogen) atoms. The summed E-state index contributed by atoms with van der Waals surface area (Å²) < 4.78 is 0. The summed E-state index contributed by atoms with van der Waals surface area (Å²) in [4.78, 5) is 21.7. The first-order valence-corrected chi connectivity index (χ1v) is 3.67. The first-order valence-electron chi connectivity index (χ1n) is 3.67. The van der Waals surface area contributed by atoms with Crippen LogP contribution in [-0.2, 0) is 0 Å². The molecule has 0 fully saturated rings. The van der Waals surface area contributed by atoms with Crippen molar-refractivity contribution in [3.8, 4) is 0 Å². The highest BCUT2D eigenvalue weighted by Gasteiger charge is 2.27. The molecular formula is C6H11N5O4. The van der Waals surface area contributed by atoms with Crippen molar-refractivity contribution in [2.45, 2.75) is 0 Å². The molecule has 5 N–H and O–H groups in total. The van der Waals surface area contributed by atoms with Crippen molar-refractivity contribution in [3.05, 3.63) is 0 Å². The summed E-state index contributed by atoms with van der Waals surface area (Å²) in [5.74, 6) is -1.46. The first kappa shape index (κ1) is 12.7. The number of carboxylic acid groups (broad SMARTS) is 2. The van der Waals surface area contributed by atoms with E-state index < -0.39 is 24.1 Å². The molecule has 0 saturated carbocycles. The third kappa shape index (κ3) is 2.83. The van der Waals surface area contributed by atoms with Gasteiger partial charge >= 0.3 is 12.2 Å². The number of nitrogens with one attached hydrogen (secondary N) is 3. The van der Waals surface area contributed by atoms with Crippen LogP contribution in [-0.4, -0.2) is 58.2 Å². The molecular weight excluding hydrogens is 206 g/mol. The fourth-order valence-corrected chi connectivity index (χ4v) is 0.645. The lowest BCUT2D eigenvalue weighted by atomic mass is 10.6. The molecule has 9 heteroatoms. The number of amides is 2. The van der Waals surface area contributed by atoms with Gasteiger partial charge in [0.1, 0.15) is 0 Å². The minimum atomic E-state index is -1.62. The summed E-state index contributed by atoms with van der Waals surface area (Å²) in [6, 6.07) is 0. The van der Waals surface area contributed by atoms with Crippen LogP contribution >= 0.6 is 0 Å². The van der Waals surface area contributed by atoms with Gasteiger partial charge in [0.15, 0.2) is 0 Å². The van der Waals surface area contributed by atoms with Gasteiger partial charge in [-0.1, -0.05) is 0 Å². The van der Waals surface area contributed by atoms with Crippen LogP contribution in [0.5, 0.6) is 0 Å². The Balaban J connectivity index is 4.95. The minimum absolute atomic E-state index is 0.189. The van der Waals surface area contributed by atoms with Gasteiger partial charge in [0.25, 0.3) is 0 Å². The molecule has 0 aromatic heterocycles. The summed E-state index contributed by atoms with van der Waals surface area (Å²) in [6.07, 6.45) is -3.11. The van der Waals surface area contributed by atoms with Gasteiger partial charge in [-0.15, -0.1) is 0 Å². The van der Waals surface area contributed by atoms with Crippen LogP contribution in [0.1, 0.15) is 0 Å². The minimum Gasteiger partial charge on any atom is -0.465 e. The molecule has 0 bridgehead atoms. The molecule has 9 nitrogen and oxygen atoms in total. The van der Waals surface area contributed by atoms with E-state index in [2.05, 4.69) is 5.32 Å². The van der Waals surface area contributed by atoms with Crippen molar-refractivity contribution < 1.29 is 19.8 Å². The molecule has 0 aliphatic heterocycles. The maximum atomic E-state index is 10.7. The topological polar surface area (TPSA) is 141 Å². The van der Waals surface area contributed by atoms with Gasteiger partial charge in [-0.2, -0.15) is 4.90 Å². The van der Waals surface area contributed by atoms with Crippen molar-refractivity contribution >= 4 is 24.1 Å². The molecule has 0 spiro atoms. The lowest BCUT2D eigenvalue weighted by Crippen LogP contribution is -2.52. The summed E-state index contributed by atoms with van der Waals surface area (Å²) in [5.41, 5.74) is 0. The van der Waals surface area contributed by atoms with E-state index >= 15 is 0 Å². The van der Waals surface area contributed by atoms with E-state index in [0.717, 1.165) is 7.05 Å². The Kier molecular flexibility index (Phi) is 4.05. The molecule has 0 saturated heterocycles. The Bertz CT molecular complexity index is 315. The monoisotopic (exact) mass is 217 g/mol. The number of guanidine groups is 2. The second-order valence-electron chi connectivity index (χ2n) is 2.38. The summed E-state index contributed by atoms with van der Waals surface area (Å²) in [7, 11) is 2.29. The SMILES string of the molecule is CNC(=N)N(C(=N)N(C)C(=O)O)C(=O)O. The molecule has 0 atom stereocenters. The van der Waals surface area contributed by atoms with Gasteiger partial charge in [0.2, 0.25) is 11.9 Å². The molecule has 0 rings (SSSR count). The van der Waals surface area contributed by atoms with Gasteiger partial charge in [-0.25, -0.2) is 9.59 Å². The van der Waals surface area contributed by atoms with Crippen LogP contribution in [0, 0.1) is 10.8 Å². The van der Waals surface area contributed by atoms with Crippen LogP contribution in [0.2, 0.25) is 0 Å². The number of nitrogens with zero attached hydrogens (tertiary/aromatic N) is 2. The Morgan fingerprint density at radius 2 is 1.67 bits per heavy atom. The highest BCUT2D eigenvalue weighted by atomic mass is 16.4. The largest absolute Gasteiger partial charge is 0.465 e. The Morgan fingerprint density at radius 1 is 1.20 bits per heavy atom. The van der Waals surface area contributed by atoms with Gasteiger partial charge < -0.3 is 15.5 Å². The van der Waals surface area contributed by atoms with E-state index in [0.29, 0.717) is 4.90 Å². The van der Waals surface area contributed by atoms with E-state index in [9.17, 15) is 9.59 Å². The quantitative estimate of drug-likeness (QED) is 0.279. The van der Waals surface area contributed by atoms with Crippen LogP contribution in [0.15, 0.2) is 0 Å². The molecule has 0 heterocycles. The standard InChI is InChI=1S/C6H11N5O4/c1-9-3(7)11(6(14)15)4(8)10(2)5(12)13/h8H,1-2H3,(H2,7,9)(H,12,13)(H,14,15). The number of rotatable bonds is 0. The Morgan fingerprint density at radius 3 is 1.93 bits per heavy atom. The predicted octanol–water partition coefficient (Wildman–Crippen LogP) is -0.335. The highest BCUT2D eigenvalue weighted by molar-refractivity contribution is 6.11. The van der Waals surface area contributed by atoms with Crippen molar-refractivity contribution in [1.82, 2.24) is 15.1 Å². The van der Waals surface area contributed by atoms with Crippen LogP contribution in [0.25, 0.3) is 0 Å². The summed E-state index contributed by atoms with van der Waals surface area (Å²) in [6.45, 7) is 0. The van der Waals surface area contributed by atoms with E-state index in [1.807, 2.05) is 0 Å². The van der Waals surface area contributed by atoms with Crippen molar-refractivity contribution in [3.63, 3.8) is 0 Å². The number of hydrogen-bond acceptors (Lipinski definition) is 4. The Hall–Kier alpha value is -2.32. The highest BCUT2D eigenvalue weighted by Crippen LogP contribution is 1.97. The van der Waals surface area contributed by atoms with Gasteiger partial charge in [-0.05, 0) is 0 Å². The zero-order chi connectivity index (χ0) is 12.2. The summed E-state index contributed by atoms with van der Waals surface area (Å²) in [5, 5.41) is 33.8. The third-order valence-electron chi connectivity index (χ3n) is 1.47. The van der Waals surface area contributed by atoms with E-state index in [-0.39, 0.29) is 4.90 Å². The molecule has 0 unspecified atom stereocenters. The van der Waals surface area contributed by atoms with Crippen molar-refractivity contribution in [2.75, 3.05) is 14.1 Å². The fraction of sp³-hybridized carbons (Fsp3) is 0.333. The Labute approximate surface area is 84.9 Å². The fourth-order valence-electron chi connectivity index (χ4n) is 0.645. The van der Waals surface area contributed by atoms with Crippen LogP contribution < -0.4 is 5.32 Å². The number of carbonyl (C=O) groups is 2. The molecule has 0 aromatic carbocycles. The van der Waals surface area contributed by atoms with Crippen molar-refractivity contribution in [1.29, 1.82) is 10.8 Å². The molecule has 0 aliphatic rings. The predicted molar refractivity (Wildman–Crippen MR) is 50.2 cm³/mol. The number of hydrogen-bond donors (Lipinski definition) is 5. The second-order valence-corrected chi connectivity index (χ2v) is 2.38. The lowest BCUT2D eigenvalue weighted by Gasteiger charge is -2.23. The van der Waals surface area contributed by atoms with Gasteiger partial charge in [0.05, 0.1) is 0 Å².